The van der Waals surface area contributed by atoms with E-state index in [0.717, 1.165) is 5.57 Å². The molecule has 1 atom stereocenters. The van der Waals surface area contributed by atoms with Crippen LogP contribution < -0.4 is 0 Å². The Morgan fingerprint density at radius 3 is 2.54 bits per heavy atom. The zero-order valence-corrected chi connectivity index (χ0v) is 8.93. The van der Waals surface area contributed by atoms with Gasteiger partial charge in [0.25, 0.3) is 0 Å². The van der Waals surface area contributed by atoms with E-state index in [1.165, 1.54) is 19.3 Å². The van der Waals surface area contributed by atoms with Crippen molar-refractivity contribution in [3.8, 4) is 0 Å². The van der Waals surface area contributed by atoms with Gasteiger partial charge in [0, 0.05) is 0 Å². The molecule has 1 aliphatic rings. The van der Waals surface area contributed by atoms with Crippen LogP contribution in [0.3, 0.4) is 0 Å². The lowest BCUT2D eigenvalue weighted by atomic mass is 9.88. The average Bonchev–Trinajstić information content (AvgIpc) is 2.28. The lowest BCUT2D eigenvalue weighted by Crippen LogP contribution is -2.05. The summed E-state index contributed by atoms with van der Waals surface area (Å²) in [4.78, 5) is 0. The molecule has 1 saturated carbocycles. The summed E-state index contributed by atoms with van der Waals surface area (Å²) in [7, 11) is 0. The van der Waals surface area contributed by atoms with Crippen LogP contribution in [0.25, 0.3) is 0 Å². The summed E-state index contributed by atoms with van der Waals surface area (Å²) >= 11 is 0. The molecule has 1 aliphatic carbocycles. The second-order valence-corrected chi connectivity index (χ2v) is 4.96. The monoisotopic (exact) mass is 180 g/mol. The van der Waals surface area contributed by atoms with Gasteiger partial charge in [-0.25, -0.2) is 0 Å². The normalized spacial score (nSPS) is 27.6. The van der Waals surface area contributed by atoms with Gasteiger partial charge in [0.1, 0.15) is 0 Å². The zero-order valence-electron chi connectivity index (χ0n) is 8.93. The van der Waals surface area contributed by atoms with Crippen molar-refractivity contribution >= 4 is 0 Å². The van der Waals surface area contributed by atoms with Gasteiger partial charge in [0.15, 0.2) is 0 Å². The predicted octanol–water partition coefficient (Wildman–Crippen LogP) is 3.83. The Morgan fingerprint density at radius 1 is 1.54 bits per heavy atom. The van der Waals surface area contributed by atoms with Crippen LogP contribution in [0.15, 0.2) is 24.0 Å². The third-order valence-electron chi connectivity index (χ3n) is 2.89. The summed E-state index contributed by atoms with van der Waals surface area (Å²) in [5.41, 5.74) is 1.55. The molecule has 0 amide bonds. The van der Waals surface area contributed by atoms with Crippen LogP contribution >= 0.6 is 0 Å². The van der Waals surface area contributed by atoms with Gasteiger partial charge in [-0.15, -0.1) is 0 Å². The molecule has 0 heterocycles. The van der Waals surface area contributed by atoms with Crippen molar-refractivity contribution in [2.24, 2.45) is 11.3 Å². The van der Waals surface area contributed by atoms with Crippen LogP contribution in [0.2, 0.25) is 0 Å². The Morgan fingerprint density at radius 2 is 2.15 bits per heavy atom. The van der Waals surface area contributed by atoms with Gasteiger partial charge in [-0.3, -0.25) is 0 Å². The van der Waals surface area contributed by atoms with E-state index in [4.69, 9.17) is 5.11 Å². The van der Waals surface area contributed by atoms with Gasteiger partial charge >= 0.3 is 0 Å². The summed E-state index contributed by atoms with van der Waals surface area (Å²) < 4.78 is 0. The maximum atomic E-state index is 9.11. The Labute approximate surface area is 81.2 Å². The number of aliphatic hydroxyl groups excluding tert-OH is 1. The minimum absolute atomic E-state index is 0.370. The first kappa shape index (κ1) is 10.4. The van der Waals surface area contributed by atoms with Crippen LogP contribution in [0, 0.1) is 11.3 Å². The van der Waals surface area contributed by atoms with Crippen molar-refractivity contribution in [1.29, 1.82) is 0 Å². The minimum Gasteiger partial charge on any atom is -0.513 e. The fourth-order valence-corrected chi connectivity index (χ4v) is 2.14. The maximum Gasteiger partial charge on any atom is 0.0894 e. The zero-order chi connectivity index (χ0) is 10.1. The van der Waals surface area contributed by atoms with Crippen molar-refractivity contribution < 1.29 is 5.11 Å². The molecule has 0 aromatic heterocycles. The molecule has 0 aromatic carbocycles. The van der Waals surface area contributed by atoms with Gasteiger partial charge in [-0.1, -0.05) is 20.4 Å². The molecule has 0 saturated heterocycles. The Kier molecular flexibility index (Phi) is 2.84. The van der Waals surface area contributed by atoms with Crippen LogP contribution in [-0.2, 0) is 0 Å². The molecule has 0 spiro atoms. The van der Waals surface area contributed by atoms with Crippen LogP contribution in [0.1, 0.15) is 40.0 Å². The molecule has 74 valence electrons. The van der Waals surface area contributed by atoms with E-state index in [0.29, 0.717) is 17.1 Å². The molecule has 1 nitrogen and oxygen atoms in total. The topological polar surface area (TPSA) is 20.2 Å². The van der Waals surface area contributed by atoms with Crippen LogP contribution in [0.4, 0.5) is 0 Å². The van der Waals surface area contributed by atoms with Crippen molar-refractivity contribution in [3.63, 3.8) is 0 Å². The fourth-order valence-electron chi connectivity index (χ4n) is 2.14. The molecule has 1 heteroatoms. The van der Waals surface area contributed by atoms with Gasteiger partial charge in [0.2, 0.25) is 0 Å². The minimum atomic E-state index is 0.370. The average molecular weight is 180 g/mol. The van der Waals surface area contributed by atoms with Gasteiger partial charge in [-0.2, -0.15) is 0 Å². The molecule has 1 fully saturated rings. The molecular weight excluding hydrogens is 160 g/mol. The first-order valence-corrected chi connectivity index (χ1v) is 4.97. The lowest BCUT2D eigenvalue weighted by Gasteiger charge is -2.17. The van der Waals surface area contributed by atoms with Crippen LogP contribution in [0.5, 0.6) is 0 Å². The summed E-state index contributed by atoms with van der Waals surface area (Å²) in [6, 6.07) is 0. The van der Waals surface area contributed by atoms with Crippen molar-refractivity contribution in [2.45, 2.75) is 40.0 Å². The molecule has 0 bridgehead atoms. The second-order valence-electron chi connectivity index (χ2n) is 4.96. The van der Waals surface area contributed by atoms with E-state index >= 15 is 0 Å². The molecule has 1 rings (SSSR count). The quantitative estimate of drug-likeness (QED) is 0.506. The number of aliphatic hydroxyl groups is 1. The van der Waals surface area contributed by atoms with E-state index in [-0.39, 0.29) is 0 Å². The third-order valence-corrected chi connectivity index (χ3v) is 2.89. The predicted molar refractivity (Wildman–Crippen MR) is 56.6 cm³/mol. The number of allylic oxidation sites excluding steroid dienone is 3. The highest BCUT2D eigenvalue weighted by atomic mass is 16.3. The van der Waals surface area contributed by atoms with Gasteiger partial charge in [-0.05, 0) is 49.2 Å². The molecule has 0 radical (unpaired) electrons. The third kappa shape index (κ3) is 2.91. The summed E-state index contributed by atoms with van der Waals surface area (Å²) in [6.45, 7) is 10.3. The van der Waals surface area contributed by atoms with Gasteiger partial charge < -0.3 is 5.11 Å². The Balaban J connectivity index is 2.57. The van der Waals surface area contributed by atoms with E-state index in [1.807, 2.05) is 0 Å². The van der Waals surface area contributed by atoms with Gasteiger partial charge in [0.05, 0.1) is 5.76 Å². The molecule has 1 unspecified atom stereocenters. The smallest absolute Gasteiger partial charge is 0.0894 e. The summed E-state index contributed by atoms with van der Waals surface area (Å²) in [5.74, 6) is 0.951. The van der Waals surface area contributed by atoms with E-state index in [9.17, 15) is 0 Å². The molecule has 1 N–H and O–H groups in total. The SMILES string of the molecule is C=C(/C=C(\C)O)C1CCC(C)(C)C1. The van der Waals surface area contributed by atoms with E-state index in [1.54, 1.807) is 13.0 Å². The van der Waals surface area contributed by atoms with Crippen molar-refractivity contribution in [1.82, 2.24) is 0 Å². The molecular formula is C12H20O. The van der Waals surface area contributed by atoms with E-state index in [2.05, 4.69) is 20.4 Å². The highest BCUT2D eigenvalue weighted by molar-refractivity contribution is 5.21. The molecule has 13 heavy (non-hydrogen) atoms. The number of rotatable bonds is 2. The first-order chi connectivity index (χ1) is 5.91. The molecule has 0 aromatic rings. The van der Waals surface area contributed by atoms with E-state index < -0.39 is 0 Å². The number of hydrogen-bond acceptors (Lipinski definition) is 1. The van der Waals surface area contributed by atoms with Crippen molar-refractivity contribution in [3.05, 3.63) is 24.0 Å². The highest BCUT2D eigenvalue weighted by Gasteiger charge is 2.31. The van der Waals surface area contributed by atoms with Crippen LogP contribution in [-0.4, -0.2) is 5.11 Å². The lowest BCUT2D eigenvalue weighted by molar-refractivity contribution is 0.370. The highest BCUT2D eigenvalue weighted by Crippen LogP contribution is 2.43. The summed E-state index contributed by atoms with van der Waals surface area (Å²) in [5, 5.41) is 9.11. The second kappa shape index (κ2) is 3.57. The fraction of sp³-hybridized carbons (Fsp3) is 0.667. The first-order valence-electron chi connectivity index (χ1n) is 4.97. The number of hydrogen-bond donors (Lipinski definition) is 1. The van der Waals surface area contributed by atoms with Crippen molar-refractivity contribution in [2.75, 3.05) is 0 Å². The summed E-state index contributed by atoms with van der Waals surface area (Å²) in [6.07, 6.45) is 5.49. The maximum absolute atomic E-state index is 9.11. The largest absolute Gasteiger partial charge is 0.513 e. The Bertz CT molecular complexity index is 232. The Hall–Kier alpha value is -0.720. The standard InChI is InChI=1S/C12H20O/c1-9(7-10(2)13)11-5-6-12(3,4)8-11/h7,11,13H,1,5-6,8H2,2-4H3/b10-7+. The molecule has 0 aliphatic heterocycles.